The molecule has 1 N–H and O–H groups in total. The van der Waals surface area contributed by atoms with Gasteiger partial charge in [0.05, 0.1) is 6.04 Å². The number of carbonyl (C=O) groups excluding carboxylic acids is 1. The number of rotatable bonds is 3. The summed E-state index contributed by atoms with van der Waals surface area (Å²) in [5, 5.41) is 3.00. The Bertz CT molecular complexity index is 467. The molecule has 0 bridgehead atoms. The van der Waals surface area contributed by atoms with Crippen LogP contribution in [0.15, 0.2) is 28.7 Å². The van der Waals surface area contributed by atoms with Gasteiger partial charge in [0.2, 0.25) is 5.91 Å². The average molecular weight is 339 g/mol. The van der Waals surface area contributed by atoms with Crippen LogP contribution in [0.25, 0.3) is 0 Å². The number of halogens is 1. The summed E-state index contributed by atoms with van der Waals surface area (Å²) >= 11 is 3.42. The highest BCUT2D eigenvalue weighted by atomic mass is 79.9. The third-order valence-corrected chi connectivity index (χ3v) is 4.41. The van der Waals surface area contributed by atoms with E-state index in [1.54, 1.807) is 0 Å². The highest BCUT2D eigenvalue weighted by Gasteiger charge is 2.28. The van der Waals surface area contributed by atoms with Gasteiger partial charge in [-0.15, -0.1) is 0 Å². The molecule has 0 radical (unpaired) electrons. The molecule has 3 nitrogen and oxygen atoms in total. The number of piperidine rings is 1. The Morgan fingerprint density at radius 1 is 1.35 bits per heavy atom. The van der Waals surface area contributed by atoms with Gasteiger partial charge in [0, 0.05) is 23.2 Å². The summed E-state index contributed by atoms with van der Waals surface area (Å²) in [6.07, 6.45) is 1.26. The van der Waals surface area contributed by atoms with Crippen molar-refractivity contribution >= 4 is 27.5 Å². The second-order valence-corrected chi connectivity index (χ2v) is 6.99. The Morgan fingerprint density at radius 2 is 2.00 bits per heavy atom. The number of nitrogens with one attached hydrogen (secondary N) is 1. The fourth-order valence-corrected chi connectivity index (χ4v) is 3.41. The third-order valence-electron chi connectivity index (χ3n) is 3.92. The summed E-state index contributed by atoms with van der Waals surface area (Å²) < 4.78 is 0.975. The Kier molecular flexibility index (Phi) is 5.22. The monoisotopic (exact) mass is 338 g/mol. The minimum Gasteiger partial charge on any atom is -0.325 e. The average Bonchev–Trinajstić information content (AvgIpc) is 2.36. The van der Waals surface area contributed by atoms with E-state index in [1.807, 2.05) is 31.2 Å². The van der Waals surface area contributed by atoms with Crippen LogP contribution in [-0.4, -0.2) is 29.9 Å². The first-order valence-corrected chi connectivity index (χ1v) is 8.05. The van der Waals surface area contributed by atoms with Gasteiger partial charge in [0.25, 0.3) is 0 Å². The molecule has 0 aromatic heterocycles. The molecule has 1 fully saturated rings. The number of amides is 1. The molecule has 20 heavy (non-hydrogen) atoms. The Hall–Kier alpha value is -0.870. The summed E-state index contributed by atoms with van der Waals surface area (Å²) in [5.74, 6) is 1.41. The fraction of sp³-hybridized carbons (Fsp3) is 0.562. The van der Waals surface area contributed by atoms with E-state index in [-0.39, 0.29) is 11.9 Å². The third kappa shape index (κ3) is 4.06. The molecule has 3 unspecified atom stereocenters. The molecule has 1 saturated heterocycles. The van der Waals surface area contributed by atoms with Crippen molar-refractivity contribution in [1.82, 2.24) is 4.90 Å². The van der Waals surface area contributed by atoms with E-state index in [0.29, 0.717) is 11.8 Å². The lowest BCUT2D eigenvalue weighted by Crippen LogP contribution is -2.48. The van der Waals surface area contributed by atoms with E-state index < -0.39 is 0 Å². The molecule has 1 aromatic carbocycles. The van der Waals surface area contributed by atoms with Gasteiger partial charge in [-0.1, -0.05) is 35.8 Å². The van der Waals surface area contributed by atoms with Gasteiger partial charge >= 0.3 is 0 Å². The first-order chi connectivity index (χ1) is 9.45. The number of benzene rings is 1. The molecule has 0 aliphatic carbocycles. The van der Waals surface area contributed by atoms with E-state index in [9.17, 15) is 4.79 Å². The van der Waals surface area contributed by atoms with Crippen LogP contribution in [0.4, 0.5) is 5.69 Å². The minimum atomic E-state index is -0.0841. The summed E-state index contributed by atoms with van der Waals surface area (Å²) in [5.41, 5.74) is 0.842. The molecular formula is C16H23BrN2O. The van der Waals surface area contributed by atoms with Crippen LogP contribution in [0.2, 0.25) is 0 Å². The standard InChI is InChI=1S/C16H23BrN2O/c1-11-7-12(2)10-19(9-11)13(3)16(20)18-15-6-4-5-14(17)8-15/h4-6,8,11-13H,7,9-10H2,1-3H3,(H,18,20). The first-order valence-electron chi connectivity index (χ1n) is 7.26. The maximum absolute atomic E-state index is 12.4. The van der Waals surface area contributed by atoms with Crippen molar-refractivity contribution < 1.29 is 4.79 Å². The predicted octanol–water partition coefficient (Wildman–Crippen LogP) is 3.75. The van der Waals surface area contributed by atoms with Crippen LogP contribution < -0.4 is 5.32 Å². The van der Waals surface area contributed by atoms with Crippen LogP contribution in [0.5, 0.6) is 0 Å². The molecule has 1 aromatic rings. The maximum Gasteiger partial charge on any atom is 0.241 e. The summed E-state index contributed by atoms with van der Waals surface area (Å²) in [6, 6.07) is 7.63. The molecule has 1 amide bonds. The fourth-order valence-electron chi connectivity index (χ4n) is 3.01. The van der Waals surface area contributed by atoms with Gasteiger partial charge in [-0.05, 0) is 43.4 Å². The van der Waals surface area contributed by atoms with Gasteiger partial charge in [-0.3, -0.25) is 9.69 Å². The second-order valence-electron chi connectivity index (χ2n) is 6.08. The van der Waals surface area contributed by atoms with Crippen LogP contribution in [0.3, 0.4) is 0 Å². The number of hydrogen-bond donors (Lipinski definition) is 1. The number of anilines is 1. The Morgan fingerprint density at radius 3 is 2.60 bits per heavy atom. The van der Waals surface area contributed by atoms with Gasteiger partial charge < -0.3 is 5.32 Å². The Balaban J connectivity index is 1.98. The van der Waals surface area contributed by atoms with Crippen molar-refractivity contribution in [1.29, 1.82) is 0 Å². The predicted molar refractivity (Wildman–Crippen MR) is 86.8 cm³/mol. The molecular weight excluding hydrogens is 316 g/mol. The molecule has 2 rings (SSSR count). The largest absolute Gasteiger partial charge is 0.325 e. The number of likely N-dealkylation sites (tertiary alicyclic amines) is 1. The summed E-state index contributed by atoms with van der Waals surface area (Å²) in [7, 11) is 0. The summed E-state index contributed by atoms with van der Waals surface area (Å²) in [4.78, 5) is 14.7. The van der Waals surface area contributed by atoms with Crippen LogP contribution in [-0.2, 0) is 4.79 Å². The Labute approximate surface area is 129 Å². The van der Waals surface area contributed by atoms with Gasteiger partial charge in [-0.25, -0.2) is 0 Å². The topological polar surface area (TPSA) is 32.3 Å². The summed E-state index contributed by atoms with van der Waals surface area (Å²) in [6.45, 7) is 8.55. The molecule has 0 spiro atoms. The van der Waals surface area contributed by atoms with Crippen molar-refractivity contribution in [3.8, 4) is 0 Å². The zero-order valence-electron chi connectivity index (χ0n) is 12.4. The van der Waals surface area contributed by atoms with Crippen molar-refractivity contribution in [3.05, 3.63) is 28.7 Å². The van der Waals surface area contributed by atoms with E-state index >= 15 is 0 Å². The second kappa shape index (κ2) is 6.72. The molecule has 3 atom stereocenters. The highest BCUT2D eigenvalue weighted by Crippen LogP contribution is 2.23. The number of hydrogen-bond acceptors (Lipinski definition) is 2. The lowest BCUT2D eigenvalue weighted by Gasteiger charge is -2.38. The molecule has 4 heteroatoms. The van der Waals surface area contributed by atoms with Crippen LogP contribution >= 0.6 is 15.9 Å². The number of carbonyl (C=O) groups is 1. The quantitative estimate of drug-likeness (QED) is 0.910. The maximum atomic E-state index is 12.4. The smallest absolute Gasteiger partial charge is 0.241 e. The first kappa shape index (κ1) is 15.5. The zero-order chi connectivity index (χ0) is 14.7. The van der Waals surface area contributed by atoms with Crippen LogP contribution in [0, 0.1) is 11.8 Å². The van der Waals surface area contributed by atoms with Crippen molar-refractivity contribution in [2.75, 3.05) is 18.4 Å². The highest BCUT2D eigenvalue weighted by molar-refractivity contribution is 9.10. The molecule has 1 heterocycles. The lowest BCUT2D eigenvalue weighted by molar-refractivity contribution is -0.121. The van der Waals surface area contributed by atoms with Gasteiger partial charge in [-0.2, -0.15) is 0 Å². The number of nitrogens with zero attached hydrogens (tertiary/aromatic N) is 1. The zero-order valence-corrected chi connectivity index (χ0v) is 14.0. The van der Waals surface area contributed by atoms with E-state index in [1.165, 1.54) is 6.42 Å². The van der Waals surface area contributed by atoms with Crippen LogP contribution in [0.1, 0.15) is 27.2 Å². The molecule has 1 aliphatic rings. The van der Waals surface area contributed by atoms with Gasteiger partial charge in [0.1, 0.15) is 0 Å². The van der Waals surface area contributed by atoms with E-state index in [0.717, 1.165) is 23.2 Å². The van der Waals surface area contributed by atoms with Crippen molar-refractivity contribution in [2.45, 2.75) is 33.2 Å². The lowest BCUT2D eigenvalue weighted by atomic mass is 9.91. The van der Waals surface area contributed by atoms with Crippen molar-refractivity contribution in [3.63, 3.8) is 0 Å². The van der Waals surface area contributed by atoms with Gasteiger partial charge in [0.15, 0.2) is 0 Å². The molecule has 1 aliphatic heterocycles. The van der Waals surface area contributed by atoms with E-state index in [2.05, 4.69) is 40.0 Å². The molecule has 0 saturated carbocycles. The van der Waals surface area contributed by atoms with E-state index in [4.69, 9.17) is 0 Å². The normalized spacial score (nSPS) is 25.2. The molecule has 110 valence electrons. The SMILES string of the molecule is CC1CC(C)CN(C(C)C(=O)Nc2cccc(Br)c2)C1. The minimum absolute atomic E-state index is 0.0735. The van der Waals surface area contributed by atoms with Crippen molar-refractivity contribution in [2.24, 2.45) is 11.8 Å².